The molecule has 0 saturated heterocycles. The van der Waals surface area contributed by atoms with Crippen LogP contribution < -0.4 is 5.32 Å². The topological polar surface area (TPSA) is 52.9 Å². The molecule has 0 aliphatic heterocycles. The van der Waals surface area contributed by atoms with E-state index >= 15 is 0 Å². The standard InChI is InChI=1S/C8H13BrN2O/c1-6(4-5-10)11-7(12)8(2,3)9/h6H,4H2,1-3H3,(H,11,12). The van der Waals surface area contributed by atoms with Gasteiger partial charge in [-0.2, -0.15) is 5.26 Å². The van der Waals surface area contributed by atoms with E-state index in [9.17, 15) is 4.79 Å². The minimum Gasteiger partial charge on any atom is -0.351 e. The van der Waals surface area contributed by atoms with Crippen molar-refractivity contribution in [2.75, 3.05) is 0 Å². The zero-order chi connectivity index (χ0) is 9.78. The Hall–Kier alpha value is -0.560. The molecule has 1 atom stereocenters. The first kappa shape index (κ1) is 11.4. The fourth-order valence-corrected chi connectivity index (χ4v) is 0.698. The van der Waals surface area contributed by atoms with E-state index in [1.165, 1.54) is 0 Å². The van der Waals surface area contributed by atoms with E-state index in [4.69, 9.17) is 5.26 Å². The molecule has 0 aromatic rings. The van der Waals surface area contributed by atoms with Gasteiger partial charge in [0, 0.05) is 6.04 Å². The highest BCUT2D eigenvalue weighted by molar-refractivity contribution is 9.10. The molecule has 12 heavy (non-hydrogen) atoms. The molecule has 1 unspecified atom stereocenters. The largest absolute Gasteiger partial charge is 0.351 e. The fraction of sp³-hybridized carbons (Fsp3) is 0.750. The number of carbonyl (C=O) groups is 1. The number of alkyl halides is 1. The summed E-state index contributed by atoms with van der Waals surface area (Å²) in [6.07, 6.45) is 0.342. The molecule has 0 rings (SSSR count). The molecular weight excluding hydrogens is 220 g/mol. The summed E-state index contributed by atoms with van der Waals surface area (Å²) in [6.45, 7) is 5.34. The first-order chi connectivity index (χ1) is 5.38. The van der Waals surface area contributed by atoms with E-state index in [0.717, 1.165) is 0 Å². The van der Waals surface area contributed by atoms with E-state index < -0.39 is 4.32 Å². The maximum Gasteiger partial charge on any atom is 0.236 e. The van der Waals surface area contributed by atoms with Gasteiger partial charge in [-0.3, -0.25) is 4.79 Å². The minimum absolute atomic E-state index is 0.0840. The third kappa shape index (κ3) is 4.35. The molecule has 0 saturated carbocycles. The number of amides is 1. The van der Waals surface area contributed by atoms with Crippen LogP contribution in [0.2, 0.25) is 0 Å². The Morgan fingerprint density at radius 2 is 2.25 bits per heavy atom. The lowest BCUT2D eigenvalue weighted by Crippen LogP contribution is -2.42. The number of nitrogens with zero attached hydrogens (tertiary/aromatic N) is 1. The van der Waals surface area contributed by atoms with Crippen molar-refractivity contribution in [1.82, 2.24) is 5.32 Å². The summed E-state index contributed by atoms with van der Waals surface area (Å²) < 4.78 is -0.559. The molecule has 4 heteroatoms. The Balaban J connectivity index is 3.95. The predicted octanol–water partition coefficient (Wildman–Crippen LogP) is 1.58. The van der Waals surface area contributed by atoms with Crippen molar-refractivity contribution < 1.29 is 4.79 Å². The third-order valence-corrected chi connectivity index (χ3v) is 1.68. The summed E-state index contributed by atoms with van der Waals surface area (Å²) in [6, 6.07) is 1.91. The maximum atomic E-state index is 11.3. The van der Waals surface area contributed by atoms with Gasteiger partial charge in [-0.1, -0.05) is 15.9 Å². The van der Waals surface area contributed by atoms with E-state index in [2.05, 4.69) is 21.2 Å². The molecular formula is C8H13BrN2O. The van der Waals surface area contributed by atoms with Crippen LogP contribution in [0.3, 0.4) is 0 Å². The molecule has 0 aliphatic carbocycles. The van der Waals surface area contributed by atoms with Gasteiger partial charge in [0.15, 0.2) is 0 Å². The van der Waals surface area contributed by atoms with Crippen molar-refractivity contribution in [2.45, 2.75) is 37.6 Å². The molecule has 0 aromatic carbocycles. The molecule has 0 aromatic heterocycles. The molecule has 0 aliphatic rings. The Labute approximate surface area is 81.3 Å². The average Bonchev–Trinajstić information content (AvgIpc) is 1.85. The van der Waals surface area contributed by atoms with Gasteiger partial charge in [-0.15, -0.1) is 0 Å². The Bertz CT molecular complexity index is 202. The zero-order valence-corrected chi connectivity index (χ0v) is 9.10. The van der Waals surface area contributed by atoms with Gasteiger partial charge >= 0.3 is 0 Å². The van der Waals surface area contributed by atoms with Crippen molar-refractivity contribution in [1.29, 1.82) is 5.26 Å². The van der Waals surface area contributed by atoms with Crippen LogP contribution in [0.15, 0.2) is 0 Å². The van der Waals surface area contributed by atoms with E-state index in [0.29, 0.717) is 6.42 Å². The molecule has 0 spiro atoms. The van der Waals surface area contributed by atoms with Gasteiger partial charge in [0.25, 0.3) is 0 Å². The molecule has 3 nitrogen and oxygen atoms in total. The van der Waals surface area contributed by atoms with Crippen molar-refractivity contribution >= 4 is 21.8 Å². The van der Waals surface area contributed by atoms with Crippen LogP contribution in [-0.4, -0.2) is 16.3 Å². The third-order valence-electron chi connectivity index (χ3n) is 1.31. The average molecular weight is 233 g/mol. The van der Waals surface area contributed by atoms with Gasteiger partial charge in [-0.05, 0) is 20.8 Å². The lowest BCUT2D eigenvalue weighted by Gasteiger charge is -2.18. The first-order valence-corrected chi connectivity index (χ1v) is 4.54. The highest BCUT2D eigenvalue weighted by atomic mass is 79.9. The molecule has 68 valence electrons. The SMILES string of the molecule is CC(CC#N)NC(=O)C(C)(C)Br. The smallest absolute Gasteiger partial charge is 0.236 e. The molecule has 1 amide bonds. The summed E-state index contributed by atoms with van der Waals surface area (Å²) in [5.74, 6) is -0.0924. The van der Waals surface area contributed by atoms with Crippen LogP contribution in [0.1, 0.15) is 27.2 Å². The van der Waals surface area contributed by atoms with Gasteiger partial charge in [-0.25, -0.2) is 0 Å². The summed E-state index contributed by atoms with van der Waals surface area (Å²) in [4.78, 5) is 11.3. The van der Waals surface area contributed by atoms with Crippen LogP contribution >= 0.6 is 15.9 Å². The summed E-state index contributed by atoms with van der Waals surface area (Å²) >= 11 is 3.23. The zero-order valence-electron chi connectivity index (χ0n) is 7.52. The Morgan fingerprint density at radius 1 is 1.75 bits per heavy atom. The molecule has 0 radical (unpaired) electrons. The number of nitriles is 1. The highest BCUT2D eigenvalue weighted by Gasteiger charge is 2.24. The van der Waals surface area contributed by atoms with E-state index in [1.807, 2.05) is 6.07 Å². The van der Waals surface area contributed by atoms with Crippen LogP contribution in [0.4, 0.5) is 0 Å². The lowest BCUT2D eigenvalue weighted by atomic mass is 10.1. The predicted molar refractivity (Wildman–Crippen MR) is 50.8 cm³/mol. The number of rotatable bonds is 3. The van der Waals surface area contributed by atoms with Crippen molar-refractivity contribution in [3.8, 4) is 6.07 Å². The van der Waals surface area contributed by atoms with Gasteiger partial charge in [0.2, 0.25) is 5.91 Å². The second-order valence-corrected chi connectivity index (χ2v) is 5.19. The summed E-state index contributed by atoms with van der Waals surface area (Å²) in [7, 11) is 0. The van der Waals surface area contributed by atoms with Crippen LogP contribution in [0, 0.1) is 11.3 Å². The molecule has 1 N–H and O–H groups in total. The van der Waals surface area contributed by atoms with Crippen LogP contribution in [0.5, 0.6) is 0 Å². The monoisotopic (exact) mass is 232 g/mol. The van der Waals surface area contributed by atoms with Crippen LogP contribution in [0.25, 0.3) is 0 Å². The number of hydrogen-bond acceptors (Lipinski definition) is 2. The maximum absolute atomic E-state index is 11.3. The fourth-order valence-electron chi connectivity index (χ4n) is 0.583. The Kier molecular flexibility index (Phi) is 4.25. The normalized spacial score (nSPS) is 13.2. The van der Waals surface area contributed by atoms with E-state index in [1.54, 1.807) is 20.8 Å². The van der Waals surface area contributed by atoms with Crippen molar-refractivity contribution in [3.63, 3.8) is 0 Å². The van der Waals surface area contributed by atoms with Gasteiger partial charge in [0.1, 0.15) is 0 Å². The summed E-state index contributed by atoms with van der Waals surface area (Å²) in [5, 5.41) is 11.1. The molecule has 0 bridgehead atoms. The first-order valence-electron chi connectivity index (χ1n) is 3.74. The quantitative estimate of drug-likeness (QED) is 0.752. The van der Waals surface area contributed by atoms with Crippen molar-refractivity contribution in [2.24, 2.45) is 0 Å². The van der Waals surface area contributed by atoms with E-state index in [-0.39, 0.29) is 11.9 Å². The molecule has 0 heterocycles. The number of hydrogen-bond donors (Lipinski definition) is 1. The highest BCUT2D eigenvalue weighted by Crippen LogP contribution is 2.15. The van der Waals surface area contributed by atoms with Crippen LogP contribution in [-0.2, 0) is 4.79 Å². The number of nitrogens with one attached hydrogen (secondary N) is 1. The van der Waals surface area contributed by atoms with Crippen molar-refractivity contribution in [3.05, 3.63) is 0 Å². The summed E-state index contributed by atoms with van der Waals surface area (Å²) in [5.41, 5.74) is 0. The number of carbonyl (C=O) groups excluding carboxylic acids is 1. The second-order valence-electron chi connectivity index (χ2n) is 3.21. The molecule has 0 fully saturated rings. The lowest BCUT2D eigenvalue weighted by molar-refractivity contribution is -0.123. The Morgan fingerprint density at radius 3 is 2.58 bits per heavy atom. The second kappa shape index (κ2) is 4.46. The van der Waals surface area contributed by atoms with Gasteiger partial charge in [0.05, 0.1) is 16.8 Å². The number of halogens is 1. The minimum atomic E-state index is -0.559. The van der Waals surface area contributed by atoms with Gasteiger partial charge < -0.3 is 5.32 Å².